The first-order valence-corrected chi connectivity index (χ1v) is 7.22. The van der Waals surface area contributed by atoms with Crippen molar-refractivity contribution in [1.82, 2.24) is 24.3 Å². The highest BCUT2D eigenvalue weighted by Crippen LogP contribution is 2.26. The summed E-state index contributed by atoms with van der Waals surface area (Å²) in [5, 5.41) is 15.2. The molecule has 0 fully saturated rings. The smallest absolute Gasteiger partial charge is 0.137 e. The molecule has 0 saturated carbocycles. The van der Waals surface area contributed by atoms with Gasteiger partial charge in [-0.15, -0.1) is 0 Å². The van der Waals surface area contributed by atoms with E-state index in [1.165, 1.54) is 6.33 Å². The minimum Gasteiger partial charge on any atom is -0.381 e. The number of benzene rings is 1. The zero-order valence-electron chi connectivity index (χ0n) is 11.2. The normalized spacial score (nSPS) is 14.0. The Bertz CT molecular complexity index is 642. The van der Waals surface area contributed by atoms with Crippen LogP contribution < -0.4 is 0 Å². The van der Waals surface area contributed by atoms with Crippen molar-refractivity contribution in [2.45, 2.75) is 18.7 Å². The first-order valence-electron chi connectivity index (χ1n) is 6.42. The molecule has 1 unspecified atom stereocenters. The summed E-state index contributed by atoms with van der Waals surface area (Å²) in [6, 6.07) is 7.63. The van der Waals surface area contributed by atoms with E-state index in [0.717, 1.165) is 10.0 Å². The number of halogens is 1. The summed E-state index contributed by atoms with van der Waals surface area (Å²) in [5.74, 6) is 0. The molecule has 0 aliphatic rings. The largest absolute Gasteiger partial charge is 0.381 e. The van der Waals surface area contributed by atoms with Crippen molar-refractivity contribution in [3.8, 4) is 0 Å². The Labute approximate surface area is 130 Å². The van der Waals surface area contributed by atoms with E-state index in [4.69, 9.17) is 0 Å². The van der Waals surface area contributed by atoms with E-state index in [1.54, 1.807) is 23.5 Å². The zero-order valence-corrected chi connectivity index (χ0v) is 12.8. The van der Waals surface area contributed by atoms with Crippen LogP contribution in [0.4, 0.5) is 0 Å². The van der Waals surface area contributed by atoms with E-state index in [-0.39, 0.29) is 0 Å². The van der Waals surface area contributed by atoms with Gasteiger partial charge in [0.05, 0.1) is 19.4 Å². The Morgan fingerprint density at radius 1 is 1.10 bits per heavy atom. The van der Waals surface area contributed by atoms with E-state index >= 15 is 0 Å². The Morgan fingerprint density at radius 2 is 1.90 bits per heavy atom. The highest BCUT2D eigenvalue weighted by molar-refractivity contribution is 9.10. The Balaban J connectivity index is 1.94. The van der Waals surface area contributed by atoms with Crippen molar-refractivity contribution in [1.29, 1.82) is 0 Å². The standard InChI is InChI=1S/C14H14BrN5O/c15-13-3-1-12(2-4-13)14(21,7-19-6-5-16-10-19)8-20-11-17-9-18-20/h1-6,9-11,21H,7-8H2. The van der Waals surface area contributed by atoms with Crippen molar-refractivity contribution in [3.05, 3.63) is 65.7 Å². The van der Waals surface area contributed by atoms with Crippen LogP contribution in [-0.4, -0.2) is 29.4 Å². The SMILES string of the molecule is OC(Cn1ccnc1)(Cn1cncn1)c1ccc(Br)cc1. The van der Waals surface area contributed by atoms with Gasteiger partial charge in [0.2, 0.25) is 0 Å². The van der Waals surface area contributed by atoms with Crippen LogP contribution in [0.25, 0.3) is 0 Å². The van der Waals surface area contributed by atoms with Gasteiger partial charge in [0.1, 0.15) is 18.3 Å². The molecule has 0 aliphatic heterocycles. The van der Waals surface area contributed by atoms with Gasteiger partial charge in [0.25, 0.3) is 0 Å². The summed E-state index contributed by atoms with van der Waals surface area (Å²) >= 11 is 3.41. The molecule has 1 N–H and O–H groups in total. The molecule has 0 spiro atoms. The van der Waals surface area contributed by atoms with Crippen molar-refractivity contribution in [2.24, 2.45) is 0 Å². The Hall–Kier alpha value is -1.99. The van der Waals surface area contributed by atoms with E-state index in [0.29, 0.717) is 13.1 Å². The van der Waals surface area contributed by atoms with Crippen LogP contribution in [0.3, 0.4) is 0 Å². The molecule has 0 saturated heterocycles. The number of rotatable bonds is 5. The van der Waals surface area contributed by atoms with E-state index < -0.39 is 5.60 Å². The molecule has 3 rings (SSSR count). The summed E-state index contributed by atoms with van der Waals surface area (Å²) in [6.07, 6.45) is 8.25. The highest BCUT2D eigenvalue weighted by Gasteiger charge is 2.31. The van der Waals surface area contributed by atoms with E-state index in [1.807, 2.05) is 35.0 Å². The molecule has 0 aliphatic carbocycles. The van der Waals surface area contributed by atoms with Gasteiger partial charge >= 0.3 is 0 Å². The first-order chi connectivity index (χ1) is 10.2. The number of imidazole rings is 1. The topological polar surface area (TPSA) is 68.8 Å². The summed E-state index contributed by atoms with van der Waals surface area (Å²) in [6.45, 7) is 0.696. The lowest BCUT2D eigenvalue weighted by molar-refractivity contribution is -0.00227. The molecule has 2 heterocycles. The maximum atomic E-state index is 11.2. The van der Waals surface area contributed by atoms with Gasteiger partial charge in [-0.1, -0.05) is 28.1 Å². The van der Waals surface area contributed by atoms with Crippen LogP contribution >= 0.6 is 15.9 Å². The number of aliphatic hydroxyl groups is 1. The number of nitrogens with zero attached hydrogens (tertiary/aromatic N) is 5. The predicted octanol–water partition coefficient (Wildman–Crippen LogP) is 1.83. The third kappa shape index (κ3) is 3.20. The molecule has 108 valence electrons. The van der Waals surface area contributed by atoms with Crippen LogP contribution in [-0.2, 0) is 18.7 Å². The zero-order chi connectivity index (χ0) is 14.7. The minimum atomic E-state index is -1.10. The van der Waals surface area contributed by atoms with Gasteiger partial charge in [-0.25, -0.2) is 14.6 Å². The van der Waals surface area contributed by atoms with Crippen LogP contribution in [0.5, 0.6) is 0 Å². The summed E-state index contributed by atoms with van der Waals surface area (Å²) in [4.78, 5) is 7.95. The third-order valence-corrected chi connectivity index (χ3v) is 3.80. The van der Waals surface area contributed by atoms with E-state index in [9.17, 15) is 5.11 Å². The summed E-state index contributed by atoms with van der Waals surface area (Å²) in [5.41, 5.74) is -0.287. The van der Waals surface area contributed by atoms with Crippen LogP contribution in [0.15, 0.2) is 60.1 Å². The maximum Gasteiger partial charge on any atom is 0.137 e. The van der Waals surface area contributed by atoms with Crippen LogP contribution in [0, 0.1) is 0 Å². The quantitative estimate of drug-likeness (QED) is 0.764. The lowest BCUT2D eigenvalue weighted by Crippen LogP contribution is -2.36. The van der Waals surface area contributed by atoms with Gasteiger partial charge in [-0.05, 0) is 17.7 Å². The summed E-state index contributed by atoms with van der Waals surface area (Å²) < 4.78 is 4.44. The molecule has 0 amide bonds. The fourth-order valence-corrected chi connectivity index (χ4v) is 2.52. The second kappa shape index (κ2) is 5.79. The van der Waals surface area contributed by atoms with E-state index in [2.05, 4.69) is 31.0 Å². The average molecular weight is 348 g/mol. The maximum absolute atomic E-state index is 11.2. The monoisotopic (exact) mass is 347 g/mol. The molecule has 1 aromatic carbocycles. The second-order valence-corrected chi connectivity index (χ2v) is 5.78. The fraction of sp³-hybridized carbons (Fsp3) is 0.214. The van der Waals surface area contributed by atoms with Gasteiger partial charge in [0, 0.05) is 16.9 Å². The number of aromatic nitrogens is 5. The molecular weight excluding hydrogens is 334 g/mol. The van der Waals surface area contributed by atoms with Crippen LogP contribution in [0.2, 0.25) is 0 Å². The van der Waals surface area contributed by atoms with Crippen LogP contribution in [0.1, 0.15) is 5.56 Å². The van der Waals surface area contributed by atoms with Crippen molar-refractivity contribution < 1.29 is 5.11 Å². The fourth-order valence-electron chi connectivity index (χ4n) is 2.26. The third-order valence-electron chi connectivity index (χ3n) is 3.28. The molecule has 1 atom stereocenters. The first kappa shape index (κ1) is 14.0. The second-order valence-electron chi connectivity index (χ2n) is 4.87. The van der Waals surface area contributed by atoms with Crippen molar-refractivity contribution in [2.75, 3.05) is 0 Å². The lowest BCUT2D eigenvalue weighted by atomic mass is 9.93. The minimum absolute atomic E-state index is 0.312. The molecule has 0 radical (unpaired) electrons. The Morgan fingerprint density at radius 3 is 2.52 bits per heavy atom. The molecular formula is C14H14BrN5O. The molecule has 7 heteroatoms. The average Bonchev–Trinajstić information content (AvgIpc) is 3.13. The molecule has 0 bridgehead atoms. The van der Waals surface area contributed by atoms with Gasteiger partial charge in [-0.2, -0.15) is 5.10 Å². The van der Waals surface area contributed by atoms with Gasteiger partial charge in [-0.3, -0.25) is 0 Å². The number of hydrogen-bond acceptors (Lipinski definition) is 4. The Kier molecular flexibility index (Phi) is 3.85. The van der Waals surface area contributed by atoms with Gasteiger partial charge < -0.3 is 9.67 Å². The molecule has 6 nitrogen and oxygen atoms in total. The predicted molar refractivity (Wildman–Crippen MR) is 80.3 cm³/mol. The van der Waals surface area contributed by atoms with Gasteiger partial charge in [0.15, 0.2) is 0 Å². The highest BCUT2D eigenvalue weighted by atomic mass is 79.9. The lowest BCUT2D eigenvalue weighted by Gasteiger charge is -2.29. The molecule has 2 aromatic heterocycles. The number of hydrogen-bond donors (Lipinski definition) is 1. The van der Waals surface area contributed by atoms with Crippen molar-refractivity contribution in [3.63, 3.8) is 0 Å². The molecule has 21 heavy (non-hydrogen) atoms. The summed E-state index contributed by atoms with van der Waals surface area (Å²) in [7, 11) is 0. The van der Waals surface area contributed by atoms with Crippen molar-refractivity contribution >= 4 is 15.9 Å². The molecule has 3 aromatic rings.